The third-order valence-electron chi connectivity index (χ3n) is 9.88. The van der Waals surface area contributed by atoms with Gasteiger partial charge in [0, 0.05) is 10.8 Å². The van der Waals surface area contributed by atoms with E-state index in [1.807, 2.05) is 0 Å². The molecule has 0 heterocycles. The third kappa shape index (κ3) is 4.78. The van der Waals surface area contributed by atoms with Crippen molar-refractivity contribution in [3.8, 4) is 0 Å². The summed E-state index contributed by atoms with van der Waals surface area (Å²) in [6, 6.07) is 9.10. The highest BCUT2D eigenvalue weighted by Gasteiger charge is 2.59. The summed E-state index contributed by atoms with van der Waals surface area (Å²) in [5, 5.41) is 40.8. The molecule has 2 aromatic carbocycles. The minimum absolute atomic E-state index is 0.0506. The van der Waals surface area contributed by atoms with Crippen LogP contribution in [0.2, 0.25) is 0 Å². The monoisotopic (exact) mass is 550 g/mol. The van der Waals surface area contributed by atoms with Gasteiger partial charge in [0.1, 0.15) is 0 Å². The van der Waals surface area contributed by atoms with Gasteiger partial charge in [0.2, 0.25) is 0 Å². The summed E-state index contributed by atoms with van der Waals surface area (Å²) in [6.45, 7) is 8.58. The quantitative estimate of drug-likeness (QED) is 0.292. The molecular weight excluding hydrogens is 512 g/mol. The first-order chi connectivity index (χ1) is 18.6. The second-order valence-corrected chi connectivity index (χ2v) is 13.2. The molecular formula is C32H38O8. The summed E-state index contributed by atoms with van der Waals surface area (Å²) in [5.41, 5.74) is -2.33. The molecule has 8 nitrogen and oxygen atoms in total. The lowest BCUT2D eigenvalue weighted by atomic mass is 9.43. The summed E-state index contributed by atoms with van der Waals surface area (Å²) in [4.78, 5) is 50.0. The number of carboxylic acids is 4. The van der Waals surface area contributed by atoms with Crippen LogP contribution in [0.5, 0.6) is 0 Å². The Hall–Kier alpha value is -3.68. The Bertz CT molecular complexity index is 1260. The van der Waals surface area contributed by atoms with Crippen LogP contribution in [0.3, 0.4) is 0 Å². The first-order valence-electron chi connectivity index (χ1n) is 13.8. The fourth-order valence-electron chi connectivity index (χ4n) is 7.44. The highest BCUT2D eigenvalue weighted by atomic mass is 16.4. The molecule has 4 rings (SSSR count). The summed E-state index contributed by atoms with van der Waals surface area (Å²) in [5.74, 6) is -5.38. The minimum Gasteiger partial charge on any atom is -0.478 e. The summed E-state index contributed by atoms with van der Waals surface area (Å²) >= 11 is 0. The summed E-state index contributed by atoms with van der Waals surface area (Å²) in [7, 11) is 0. The van der Waals surface area contributed by atoms with Crippen molar-refractivity contribution in [3.05, 3.63) is 69.8 Å². The van der Waals surface area contributed by atoms with Crippen LogP contribution in [-0.4, -0.2) is 44.3 Å². The molecule has 0 saturated heterocycles. The van der Waals surface area contributed by atoms with E-state index in [4.69, 9.17) is 0 Å². The number of hydrogen-bond donors (Lipinski definition) is 4. The fraction of sp³-hybridized carbons (Fsp3) is 0.500. The Morgan fingerprint density at radius 1 is 0.500 bits per heavy atom. The average molecular weight is 551 g/mol. The first kappa shape index (κ1) is 29.3. The number of carbonyl (C=O) groups is 4. The van der Waals surface area contributed by atoms with Gasteiger partial charge in [-0.1, -0.05) is 52.0 Å². The number of hydrogen-bond acceptors (Lipinski definition) is 4. The lowest BCUT2D eigenvalue weighted by Crippen LogP contribution is -2.55. The molecule has 2 aliphatic rings. The van der Waals surface area contributed by atoms with Crippen LogP contribution in [0, 0.1) is 10.8 Å². The number of benzene rings is 2. The van der Waals surface area contributed by atoms with Crippen molar-refractivity contribution in [2.24, 2.45) is 10.8 Å². The molecule has 2 fully saturated rings. The van der Waals surface area contributed by atoms with Crippen molar-refractivity contribution in [2.45, 2.75) is 89.9 Å². The Labute approximate surface area is 234 Å². The summed E-state index contributed by atoms with van der Waals surface area (Å²) < 4.78 is 0. The predicted octanol–water partition coefficient (Wildman–Crippen LogP) is 6.86. The van der Waals surface area contributed by atoms with Gasteiger partial charge in [-0.2, -0.15) is 0 Å². The Balaban J connectivity index is 2.16. The Morgan fingerprint density at radius 3 is 1.05 bits per heavy atom. The SMILES string of the molecule is CC1(C)CCC(c2cccc(C(=O)O)c2C(=O)O)(C2(c3cccc(C(=O)O)c3C(=O)O)CCC(C)(C)CC2)CC1. The molecule has 0 amide bonds. The van der Waals surface area contributed by atoms with Crippen LogP contribution in [0.4, 0.5) is 0 Å². The second kappa shape index (κ2) is 10.1. The molecule has 0 unspecified atom stereocenters. The van der Waals surface area contributed by atoms with Gasteiger partial charge in [0.15, 0.2) is 0 Å². The zero-order valence-electron chi connectivity index (χ0n) is 23.5. The highest BCUT2D eigenvalue weighted by Crippen LogP contribution is 2.64. The zero-order chi connectivity index (χ0) is 29.7. The van der Waals surface area contributed by atoms with E-state index in [1.54, 1.807) is 24.3 Å². The van der Waals surface area contributed by atoms with Gasteiger partial charge < -0.3 is 20.4 Å². The maximum atomic E-state index is 12.8. The molecule has 0 radical (unpaired) electrons. The Morgan fingerprint density at radius 2 is 0.800 bits per heavy atom. The maximum absolute atomic E-state index is 12.8. The van der Waals surface area contributed by atoms with Gasteiger partial charge in [-0.3, -0.25) is 0 Å². The van der Waals surface area contributed by atoms with E-state index in [2.05, 4.69) is 27.7 Å². The fourth-order valence-corrected chi connectivity index (χ4v) is 7.44. The first-order valence-corrected chi connectivity index (χ1v) is 13.8. The van der Waals surface area contributed by atoms with Crippen molar-refractivity contribution in [3.63, 3.8) is 0 Å². The van der Waals surface area contributed by atoms with Crippen LogP contribution in [0.25, 0.3) is 0 Å². The molecule has 0 spiro atoms. The van der Waals surface area contributed by atoms with Crippen molar-refractivity contribution in [2.75, 3.05) is 0 Å². The molecule has 0 atom stereocenters. The largest absolute Gasteiger partial charge is 0.478 e. The van der Waals surface area contributed by atoms with Crippen LogP contribution in [0.1, 0.15) is 132 Å². The van der Waals surface area contributed by atoms with E-state index in [0.29, 0.717) is 36.8 Å². The van der Waals surface area contributed by atoms with E-state index in [9.17, 15) is 39.6 Å². The van der Waals surface area contributed by atoms with Gasteiger partial charge in [0.05, 0.1) is 22.3 Å². The number of rotatable bonds is 7. The van der Waals surface area contributed by atoms with Gasteiger partial charge in [0.25, 0.3) is 0 Å². The third-order valence-corrected chi connectivity index (χ3v) is 9.88. The van der Waals surface area contributed by atoms with Gasteiger partial charge in [-0.05, 0) is 85.5 Å². The van der Waals surface area contributed by atoms with E-state index in [0.717, 1.165) is 25.7 Å². The predicted molar refractivity (Wildman–Crippen MR) is 149 cm³/mol. The van der Waals surface area contributed by atoms with Gasteiger partial charge in [-0.25, -0.2) is 19.2 Å². The van der Waals surface area contributed by atoms with E-state index in [-0.39, 0.29) is 33.1 Å². The molecule has 0 aliphatic heterocycles. The van der Waals surface area contributed by atoms with Crippen molar-refractivity contribution < 1.29 is 39.6 Å². The summed E-state index contributed by atoms with van der Waals surface area (Å²) in [6.07, 6.45) is 4.93. The molecule has 4 N–H and O–H groups in total. The number of carboxylic acid groups (broad SMARTS) is 4. The average Bonchev–Trinajstić information content (AvgIpc) is 2.88. The topological polar surface area (TPSA) is 149 Å². The second-order valence-electron chi connectivity index (χ2n) is 13.2. The standard InChI is InChI=1S/C32H38O8/c1-29(2)11-15-31(16-12-29,21-9-5-7-19(25(33)34)23(21)27(37)38)32(17-13-30(3,4)14-18-32)22-10-6-8-20(26(35)36)24(22)28(39)40/h5-10H,11-18H2,1-4H3,(H,33,34)(H,35,36)(H,37,38)(H,39,40). The number of aromatic carboxylic acids is 4. The van der Waals surface area contributed by atoms with Crippen molar-refractivity contribution in [1.29, 1.82) is 0 Å². The van der Waals surface area contributed by atoms with E-state index < -0.39 is 34.7 Å². The van der Waals surface area contributed by atoms with Crippen LogP contribution in [0.15, 0.2) is 36.4 Å². The van der Waals surface area contributed by atoms with Gasteiger partial charge >= 0.3 is 23.9 Å². The molecule has 2 aliphatic carbocycles. The molecule has 0 bridgehead atoms. The maximum Gasteiger partial charge on any atom is 0.336 e. The molecule has 2 aromatic rings. The van der Waals surface area contributed by atoms with Crippen LogP contribution >= 0.6 is 0 Å². The molecule has 0 aromatic heterocycles. The minimum atomic E-state index is -1.35. The lowest BCUT2D eigenvalue weighted by Gasteiger charge is -2.60. The molecule has 8 heteroatoms. The highest BCUT2D eigenvalue weighted by molar-refractivity contribution is 6.04. The zero-order valence-corrected chi connectivity index (χ0v) is 23.5. The lowest BCUT2D eigenvalue weighted by molar-refractivity contribution is 0.0311. The van der Waals surface area contributed by atoms with Crippen LogP contribution < -0.4 is 0 Å². The smallest absolute Gasteiger partial charge is 0.336 e. The molecule has 2 saturated carbocycles. The normalized spacial score (nSPS) is 20.8. The molecule has 40 heavy (non-hydrogen) atoms. The van der Waals surface area contributed by atoms with Crippen molar-refractivity contribution >= 4 is 23.9 Å². The van der Waals surface area contributed by atoms with Crippen LogP contribution in [-0.2, 0) is 10.8 Å². The van der Waals surface area contributed by atoms with Crippen molar-refractivity contribution in [1.82, 2.24) is 0 Å². The molecule has 214 valence electrons. The Kier molecular flexibility index (Phi) is 7.37. The van der Waals surface area contributed by atoms with E-state index in [1.165, 1.54) is 12.1 Å². The van der Waals surface area contributed by atoms with Gasteiger partial charge in [-0.15, -0.1) is 0 Å². The van der Waals surface area contributed by atoms with E-state index >= 15 is 0 Å².